The molecule has 0 amide bonds. The molecular weight excluding hydrogens is 290 g/mol. The van der Waals surface area contributed by atoms with E-state index in [2.05, 4.69) is 12.1 Å². The Balaban J connectivity index is 2.06. The summed E-state index contributed by atoms with van der Waals surface area (Å²) in [6, 6.07) is 16.0. The number of methoxy groups -OCH3 is 1. The van der Waals surface area contributed by atoms with E-state index in [1.54, 1.807) is 13.2 Å². The molecule has 0 aromatic heterocycles. The zero-order valence-corrected chi connectivity index (χ0v) is 13.4. The number of hydrogen-bond acceptors (Lipinski definition) is 3. The maximum absolute atomic E-state index is 11.2. The van der Waals surface area contributed by atoms with E-state index in [1.807, 2.05) is 30.3 Å². The van der Waals surface area contributed by atoms with Crippen LogP contribution in [-0.2, 0) is 10.3 Å². The summed E-state index contributed by atoms with van der Waals surface area (Å²) < 4.78 is 10.6. The number of carbonyl (C=O) groups is 1. The van der Waals surface area contributed by atoms with Crippen LogP contribution in [0, 0.1) is 0 Å². The van der Waals surface area contributed by atoms with Crippen LogP contribution in [0.25, 0.3) is 0 Å². The number of nitrogens with zero attached hydrogens (tertiary/aromatic N) is 1. The lowest BCUT2D eigenvalue weighted by Crippen LogP contribution is -2.32. The van der Waals surface area contributed by atoms with Crippen molar-refractivity contribution in [2.45, 2.75) is 25.3 Å². The van der Waals surface area contributed by atoms with E-state index in [4.69, 9.17) is 14.8 Å². The number of benzene rings is 2. The summed E-state index contributed by atoms with van der Waals surface area (Å²) in [6.07, 6.45) is 2.02. The van der Waals surface area contributed by atoms with Crippen molar-refractivity contribution in [2.75, 3.05) is 13.7 Å². The minimum atomic E-state index is -0.362. The van der Waals surface area contributed by atoms with Crippen LogP contribution in [0.3, 0.4) is 0 Å². The van der Waals surface area contributed by atoms with Crippen LogP contribution in [-0.4, -0.2) is 19.6 Å². The maximum Gasteiger partial charge on any atom is 0.308 e. The van der Waals surface area contributed by atoms with Crippen LogP contribution in [0.1, 0.15) is 30.9 Å². The van der Waals surface area contributed by atoms with Crippen molar-refractivity contribution in [2.24, 2.45) is 0 Å². The van der Waals surface area contributed by atoms with E-state index in [1.165, 1.54) is 12.5 Å². The fraction of sp³-hybridized carbons (Fsp3) is 0.316. The number of hydrogen-bond donors (Lipinski definition) is 0. The summed E-state index contributed by atoms with van der Waals surface area (Å²) in [5.41, 5.74) is 1.90. The Morgan fingerprint density at radius 1 is 1.09 bits per heavy atom. The third kappa shape index (κ3) is 2.94. The topological polar surface area (TPSA) is 49.6 Å². The third-order valence-corrected chi connectivity index (χ3v) is 4.22. The first-order valence-electron chi connectivity index (χ1n) is 7.77. The SMILES string of the molecule is COc1cc(C2(c3ccccc3)CCC[N]2)ccc1OC(C)=O. The molecule has 1 saturated heterocycles. The molecular formula is C19H20NO3. The Hall–Kier alpha value is -2.33. The van der Waals surface area contributed by atoms with Gasteiger partial charge in [-0.05, 0) is 36.1 Å². The first kappa shape index (κ1) is 15.6. The van der Waals surface area contributed by atoms with Crippen LogP contribution in [0.2, 0.25) is 0 Å². The van der Waals surface area contributed by atoms with E-state index in [0.717, 1.165) is 24.9 Å². The normalized spacial score (nSPS) is 20.3. The van der Waals surface area contributed by atoms with Gasteiger partial charge in [-0.2, -0.15) is 0 Å². The summed E-state index contributed by atoms with van der Waals surface area (Å²) in [5, 5.41) is 4.91. The molecule has 4 nitrogen and oxygen atoms in total. The lowest BCUT2D eigenvalue weighted by Gasteiger charge is -2.30. The van der Waals surface area contributed by atoms with Crippen LogP contribution in [0.4, 0.5) is 0 Å². The smallest absolute Gasteiger partial charge is 0.308 e. The van der Waals surface area contributed by atoms with Gasteiger partial charge in [0, 0.05) is 13.5 Å². The molecule has 0 aliphatic carbocycles. The fourth-order valence-electron chi connectivity index (χ4n) is 3.20. The highest BCUT2D eigenvalue weighted by Crippen LogP contribution is 2.42. The Morgan fingerprint density at radius 2 is 1.87 bits per heavy atom. The second-order valence-electron chi connectivity index (χ2n) is 5.67. The van der Waals surface area contributed by atoms with Crippen molar-refractivity contribution < 1.29 is 14.3 Å². The summed E-state index contributed by atoms with van der Waals surface area (Å²) in [6.45, 7) is 2.23. The van der Waals surface area contributed by atoms with E-state index < -0.39 is 0 Å². The Bertz CT molecular complexity index is 691. The van der Waals surface area contributed by atoms with E-state index in [9.17, 15) is 4.79 Å². The van der Waals surface area contributed by atoms with Crippen molar-refractivity contribution >= 4 is 5.97 Å². The summed E-state index contributed by atoms with van der Waals surface area (Å²) in [4.78, 5) is 11.2. The molecule has 3 rings (SSSR count). The molecule has 1 aliphatic rings. The highest BCUT2D eigenvalue weighted by molar-refractivity contribution is 5.70. The molecule has 119 valence electrons. The molecule has 0 N–H and O–H groups in total. The number of ether oxygens (including phenoxy) is 2. The molecule has 0 spiro atoms. The Labute approximate surface area is 136 Å². The summed E-state index contributed by atoms with van der Waals surface area (Å²) in [5.74, 6) is 0.624. The van der Waals surface area contributed by atoms with E-state index in [0.29, 0.717) is 11.5 Å². The molecule has 4 heteroatoms. The first-order valence-corrected chi connectivity index (χ1v) is 7.77. The third-order valence-electron chi connectivity index (χ3n) is 4.22. The van der Waals surface area contributed by atoms with Crippen LogP contribution >= 0.6 is 0 Å². The largest absolute Gasteiger partial charge is 0.493 e. The molecule has 2 aromatic rings. The minimum Gasteiger partial charge on any atom is -0.493 e. The van der Waals surface area contributed by atoms with Gasteiger partial charge in [-0.3, -0.25) is 4.79 Å². The zero-order valence-electron chi connectivity index (χ0n) is 13.4. The zero-order chi connectivity index (χ0) is 16.3. The van der Waals surface area contributed by atoms with Gasteiger partial charge in [-0.1, -0.05) is 36.4 Å². The lowest BCUT2D eigenvalue weighted by molar-refractivity contribution is -0.132. The van der Waals surface area contributed by atoms with Gasteiger partial charge in [0.1, 0.15) is 0 Å². The standard InChI is InChI=1S/C19H20NO3/c1-14(21)23-17-10-9-16(13-18(17)22-2)19(11-6-12-20-19)15-7-4-3-5-8-15/h3-5,7-10,13H,6,11-12H2,1-2H3. The van der Waals surface area contributed by atoms with Gasteiger partial charge >= 0.3 is 5.97 Å². The van der Waals surface area contributed by atoms with Crippen LogP contribution < -0.4 is 14.8 Å². The highest BCUT2D eigenvalue weighted by Gasteiger charge is 2.38. The number of rotatable bonds is 4. The average molecular weight is 310 g/mol. The predicted octanol–water partition coefficient (Wildman–Crippen LogP) is 3.26. The lowest BCUT2D eigenvalue weighted by atomic mass is 9.81. The van der Waals surface area contributed by atoms with Gasteiger partial charge in [0.05, 0.1) is 12.6 Å². The molecule has 1 heterocycles. The second kappa shape index (κ2) is 6.42. The monoisotopic (exact) mass is 310 g/mol. The molecule has 2 aromatic carbocycles. The average Bonchev–Trinajstić information content (AvgIpc) is 3.06. The van der Waals surface area contributed by atoms with E-state index in [-0.39, 0.29) is 11.5 Å². The summed E-state index contributed by atoms with van der Waals surface area (Å²) >= 11 is 0. The minimum absolute atomic E-state index is 0.344. The van der Waals surface area contributed by atoms with E-state index >= 15 is 0 Å². The Morgan fingerprint density at radius 3 is 2.48 bits per heavy atom. The van der Waals surface area contributed by atoms with Crippen molar-refractivity contribution in [3.63, 3.8) is 0 Å². The van der Waals surface area contributed by atoms with Gasteiger partial charge in [-0.15, -0.1) is 0 Å². The van der Waals surface area contributed by atoms with Gasteiger partial charge in [-0.25, -0.2) is 5.32 Å². The van der Waals surface area contributed by atoms with Crippen LogP contribution in [0.15, 0.2) is 48.5 Å². The van der Waals surface area contributed by atoms with Crippen molar-refractivity contribution in [1.29, 1.82) is 0 Å². The number of esters is 1. The van der Waals surface area contributed by atoms with Crippen LogP contribution in [0.5, 0.6) is 11.5 Å². The van der Waals surface area contributed by atoms with Crippen molar-refractivity contribution in [3.8, 4) is 11.5 Å². The molecule has 1 radical (unpaired) electrons. The predicted molar refractivity (Wildman–Crippen MR) is 87.8 cm³/mol. The van der Waals surface area contributed by atoms with Crippen molar-refractivity contribution in [3.05, 3.63) is 59.7 Å². The molecule has 0 saturated carbocycles. The molecule has 1 atom stereocenters. The molecule has 0 bridgehead atoms. The molecule has 23 heavy (non-hydrogen) atoms. The van der Waals surface area contributed by atoms with Gasteiger partial charge in [0.25, 0.3) is 0 Å². The van der Waals surface area contributed by atoms with Crippen molar-refractivity contribution in [1.82, 2.24) is 5.32 Å². The van der Waals surface area contributed by atoms with Gasteiger partial charge in [0.2, 0.25) is 0 Å². The second-order valence-corrected chi connectivity index (χ2v) is 5.67. The first-order chi connectivity index (χ1) is 11.2. The molecule has 1 unspecified atom stereocenters. The van der Waals surface area contributed by atoms with Gasteiger partial charge in [0.15, 0.2) is 11.5 Å². The number of carbonyl (C=O) groups excluding carboxylic acids is 1. The Kier molecular flexibility index (Phi) is 4.35. The highest BCUT2D eigenvalue weighted by atomic mass is 16.6. The molecule has 1 aliphatic heterocycles. The van der Waals surface area contributed by atoms with Gasteiger partial charge < -0.3 is 9.47 Å². The molecule has 1 fully saturated rings. The fourth-order valence-corrected chi connectivity index (χ4v) is 3.20. The summed E-state index contributed by atoms with van der Waals surface area (Å²) in [7, 11) is 1.58. The quantitative estimate of drug-likeness (QED) is 0.643. The maximum atomic E-state index is 11.2.